The molecular formula is C32H58O8Ti-2. The van der Waals surface area contributed by atoms with E-state index in [4.69, 9.17) is 0 Å². The number of rotatable bonds is 22. The van der Waals surface area contributed by atoms with Gasteiger partial charge >= 0.3 is 21.7 Å². The normalized spacial score (nSPS) is 11.1. The standard InChI is InChI=1S/2C8H14O4.2C8H17.Ti/c2*9-7(10)5-3-1-2-4-6-8(11)12;2*1-4-6-7-8(3)5-2;/h2*1-6H2,(H,9,10)(H,11,12);2*8H,3-7H2,1-2H3;/q;;2*-1;+4/p-4. The van der Waals surface area contributed by atoms with Crippen molar-refractivity contribution in [3.63, 3.8) is 0 Å². The summed E-state index contributed by atoms with van der Waals surface area (Å²) < 4.78 is 0. The smallest absolute Gasteiger partial charge is 0.550 e. The molecule has 41 heavy (non-hydrogen) atoms. The second-order valence-corrected chi connectivity index (χ2v) is 10.1. The Balaban J connectivity index is -0.000000142. The Bertz CT molecular complexity index is 498. The number of carbonyl (C=O) groups is 4. The quantitative estimate of drug-likeness (QED) is 0.101. The van der Waals surface area contributed by atoms with Crippen molar-refractivity contribution >= 4 is 23.9 Å². The van der Waals surface area contributed by atoms with E-state index in [1.54, 1.807) is 0 Å². The minimum absolute atomic E-state index is 0. The van der Waals surface area contributed by atoms with Crippen LogP contribution in [0.3, 0.4) is 0 Å². The first-order valence-corrected chi connectivity index (χ1v) is 15.3. The minimum atomic E-state index is -1.05. The zero-order valence-corrected chi connectivity index (χ0v) is 28.0. The van der Waals surface area contributed by atoms with Crippen molar-refractivity contribution in [3.8, 4) is 0 Å². The van der Waals surface area contributed by atoms with Crippen molar-refractivity contribution in [1.29, 1.82) is 0 Å². The molecular weight excluding hydrogens is 560 g/mol. The van der Waals surface area contributed by atoms with E-state index in [0.29, 0.717) is 37.5 Å². The van der Waals surface area contributed by atoms with Crippen LogP contribution in [0.4, 0.5) is 0 Å². The molecule has 0 saturated heterocycles. The largest absolute Gasteiger partial charge is 4.00 e. The average Bonchev–Trinajstić information content (AvgIpc) is 2.90. The Morgan fingerprint density at radius 1 is 0.463 bits per heavy atom. The summed E-state index contributed by atoms with van der Waals surface area (Å²) in [5.74, 6) is -2.78. The number of unbranched alkanes of at least 4 members (excludes halogenated alkanes) is 8. The van der Waals surface area contributed by atoms with Crippen molar-refractivity contribution in [3.05, 3.63) is 13.8 Å². The van der Waals surface area contributed by atoms with Gasteiger partial charge in [0.1, 0.15) is 0 Å². The molecule has 0 aliphatic rings. The van der Waals surface area contributed by atoms with Crippen molar-refractivity contribution < 1.29 is 61.3 Å². The summed E-state index contributed by atoms with van der Waals surface area (Å²) in [5.41, 5.74) is 0. The van der Waals surface area contributed by atoms with Crippen LogP contribution in [-0.4, -0.2) is 23.9 Å². The number of carboxylic acids is 4. The first-order chi connectivity index (χ1) is 18.9. The number of carbonyl (C=O) groups excluding carboxylic acids is 4. The van der Waals surface area contributed by atoms with Gasteiger partial charge in [0.05, 0.1) is 0 Å². The Kier molecular flexibility index (Phi) is 49.0. The van der Waals surface area contributed by atoms with Crippen LogP contribution < -0.4 is 20.4 Å². The predicted octanol–water partition coefficient (Wildman–Crippen LogP) is 3.72. The molecule has 9 heteroatoms. The molecule has 0 saturated carbocycles. The molecule has 0 amide bonds. The first-order valence-electron chi connectivity index (χ1n) is 15.3. The molecule has 2 atom stereocenters. The minimum Gasteiger partial charge on any atom is -0.550 e. The third-order valence-corrected chi connectivity index (χ3v) is 6.11. The summed E-state index contributed by atoms with van der Waals surface area (Å²) in [4.78, 5) is 39.7. The fourth-order valence-corrected chi connectivity index (χ4v) is 3.18. The summed E-state index contributed by atoms with van der Waals surface area (Å²) in [5, 5.41) is 39.7. The zero-order valence-electron chi connectivity index (χ0n) is 26.5. The molecule has 0 fully saturated rings. The molecule has 0 aromatic heterocycles. The molecule has 0 heterocycles. The van der Waals surface area contributed by atoms with Gasteiger partial charge in [-0.1, -0.05) is 105 Å². The van der Waals surface area contributed by atoms with Crippen molar-refractivity contribution in [2.24, 2.45) is 11.8 Å². The Morgan fingerprint density at radius 2 is 0.683 bits per heavy atom. The maximum absolute atomic E-state index is 9.92. The van der Waals surface area contributed by atoms with Gasteiger partial charge in [-0.25, -0.2) is 0 Å². The fraction of sp³-hybridized carbons (Fsp3) is 0.812. The Hall–Kier alpha value is -1.41. The van der Waals surface area contributed by atoms with Gasteiger partial charge in [-0.15, -0.1) is 0 Å². The number of hydrogen-bond donors (Lipinski definition) is 0. The van der Waals surface area contributed by atoms with Crippen LogP contribution in [0.2, 0.25) is 0 Å². The first kappa shape index (κ1) is 49.3. The van der Waals surface area contributed by atoms with E-state index in [2.05, 4.69) is 41.5 Å². The van der Waals surface area contributed by atoms with Crippen LogP contribution in [0.5, 0.6) is 0 Å². The van der Waals surface area contributed by atoms with Crippen LogP contribution in [0.1, 0.15) is 156 Å². The van der Waals surface area contributed by atoms with E-state index >= 15 is 0 Å². The van der Waals surface area contributed by atoms with E-state index in [0.717, 1.165) is 25.7 Å². The number of carboxylic acid groups (broad SMARTS) is 4. The van der Waals surface area contributed by atoms with Gasteiger partial charge in [0.15, 0.2) is 0 Å². The van der Waals surface area contributed by atoms with Gasteiger partial charge < -0.3 is 53.5 Å². The fourth-order valence-electron chi connectivity index (χ4n) is 3.18. The Labute approximate surface area is 266 Å². The molecule has 0 spiro atoms. The van der Waals surface area contributed by atoms with Crippen LogP contribution in [-0.2, 0) is 40.9 Å². The SMILES string of the molecule is O=C([O-])CCCCCCC(=O)[O-].O=C([O-])CCCCCCC(=O)[O-].[CH2-]C(CC)CCCC.[CH2-]C(CC)CCCC.[Ti+4]. The average molecular weight is 619 g/mol. The Morgan fingerprint density at radius 3 is 0.829 bits per heavy atom. The van der Waals surface area contributed by atoms with Crippen LogP contribution in [0, 0.1) is 25.7 Å². The molecule has 0 N–H and O–H groups in total. The number of aliphatic carboxylic acids is 4. The van der Waals surface area contributed by atoms with E-state index in [-0.39, 0.29) is 47.4 Å². The topological polar surface area (TPSA) is 161 Å². The second-order valence-electron chi connectivity index (χ2n) is 10.1. The molecule has 0 aliphatic heterocycles. The van der Waals surface area contributed by atoms with Gasteiger partial charge in [0.25, 0.3) is 0 Å². The van der Waals surface area contributed by atoms with E-state index in [1.807, 2.05) is 0 Å². The van der Waals surface area contributed by atoms with E-state index in [9.17, 15) is 39.6 Å². The molecule has 8 nitrogen and oxygen atoms in total. The van der Waals surface area contributed by atoms with Gasteiger partial charge in [-0.3, -0.25) is 0 Å². The maximum atomic E-state index is 9.92. The van der Waals surface area contributed by atoms with E-state index in [1.165, 1.54) is 51.4 Å². The van der Waals surface area contributed by atoms with Crippen molar-refractivity contribution in [2.75, 3.05) is 0 Å². The molecule has 0 rings (SSSR count). The molecule has 0 aromatic carbocycles. The van der Waals surface area contributed by atoms with Gasteiger partial charge in [-0.2, -0.15) is 11.8 Å². The van der Waals surface area contributed by atoms with Crippen LogP contribution in [0.25, 0.3) is 0 Å². The molecule has 0 bridgehead atoms. The summed E-state index contributed by atoms with van der Waals surface area (Å²) in [6.07, 6.45) is 15.9. The van der Waals surface area contributed by atoms with Gasteiger partial charge in [-0.05, 0) is 51.4 Å². The summed E-state index contributed by atoms with van der Waals surface area (Å²) in [7, 11) is 0. The second kappa shape index (κ2) is 40.7. The monoisotopic (exact) mass is 618 g/mol. The third kappa shape index (κ3) is 63.2. The van der Waals surface area contributed by atoms with Crippen molar-refractivity contribution in [2.45, 2.75) is 156 Å². The number of hydrogen-bond acceptors (Lipinski definition) is 8. The summed E-state index contributed by atoms with van der Waals surface area (Å²) in [6.45, 7) is 16.8. The molecule has 0 radical (unpaired) electrons. The zero-order chi connectivity index (χ0) is 31.6. The van der Waals surface area contributed by atoms with Gasteiger partial charge in [0, 0.05) is 23.9 Å². The van der Waals surface area contributed by atoms with Gasteiger partial charge in [0.2, 0.25) is 0 Å². The maximum Gasteiger partial charge on any atom is 4.00 e. The predicted molar refractivity (Wildman–Crippen MR) is 153 cm³/mol. The molecule has 240 valence electrons. The molecule has 0 aromatic rings. The van der Waals surface area contributed by atoms with E-state index < -0.39 is 23.9 Å². The molecule has 2 unspecified atom stereocenters. The van der Waals surface area contributed by atoms with Crippen molar-refractivity contribution in [1.82, 2.24) is 0 Å². The third-order valence-electron chi connectivity index (χ3n) is 6.11. The molecule has 0 aliphatic carbocycles. The summed E-state index contributed by atoms with van der Waals surface area (Å²) >= 11 is 0. The summed E-state index contributed by atoms with van der Waals surface area (Å²) in [6, 6.07) is 0. The van der Waals surface area contributed by atoms with Crippen LogP contribution in [0.15, 0.2) is 0 Å². The van der Waals surface area contributed by atoms with Crippen LogP contribution >= 0.6 is 0 Å².